The van der Waals surface area contributed by atoms with E-state index in [-0.39, 0.29) is 10.9 Å². The first kappa shape index (κ1) is 20.0. The number of rotatable bonds is 6. The molecule has 7 nitrogen and oxygen atoms in total. The number of thioether (sulfide) groups is 1. The summed E-state index contributed by atoms with van der Waals surface area (Å²) in [6, 6.07) is 12.4. The van der Waals surface area contributed by atoms with Crippen molar-refractivity contribution in [1.29, 1.82) is 0 Å². The Bertz CT molecular complexity index is 991. The smallest absolute Gasteiger partial charge is 0.298 e. The van der Waals surface area contributed by atoms with Crippen molar-refractivity contribution in [3.8, 4) is 17.4 Å². The molecule has 1 unspecified atom stereocenters. The molecule has 0 saturated heterocycles. The van der Waals surface area contributed by atoms with Crippen LogP contribution in [-0.2, 0) is 4.79 Å². The highest BCUT2D eigenvalue weighted by Gasteiger charge is 2.27. The number of anilines is 1. The van der Waals surface area contributed by atoms with Gasteiger partial charge in [-0.05, 0) is 48.5 Å². The molecule has 3 rings (SSSR count). The minimum Gasteiger partial charge on any atom is -0.538 e. The molecule has 0 saturated carbocycles. The lowest BCUT2D eigenvalue weighted by molar-refractivity contribution is -0.705. The van der Waals surface area contributed by atoms with Gasteiger partial charge in [0.15, 0.2) is 5.95 Å². The SMILES string of the molecule is COc1ccc(Cl)cc1NC(=O)C(C)Sc1c([O-])on[n+]1-c1ccc(C)cc1. The van der Waals surface area contributed by atoms with Gasteiger partial charge in [-0.15, -0.1) is 0 Å². The topological polar surface area (TPSA) is 91.3 Å². The van der Waals surface area contributed by atoms with Crippen LogP contribution >= 0.6 is 23.4 Å². The lowest BCUT2D eigenvalue weighted by Gasteiger charge is -2.13. The highest BCUT2D eigenvalue weighted by molar-refractivity contribution is 8.00. The van der Waals surface area contributed by atoms with Crippen molar-refractivity contribution in [1.82, 2.24) is 5.27 Å². The predicted molar refractivity (Wildman–Crippen MR) is 104 cm³/mol. The van der Waals surface area contributed by atoms with E-state index in [1.54, 1.807) is 25.1 Å². The van der Waals surface area contributed by atoms with Gasteiger partial charge in [-0.3, -0.25) is 4.79 Å². The molecule has 146 valence electrons. The summed E-state index contributed by atoms with van der Waals surface area (Å²) in [6.07, 6.45) is 0. The predicted octanol–water partition coefficient (Wildman–Crippen LogP) is 3.11. The Kier molecular flexibility index (Phi) is 6.11. The highest BCUT2D eigenvalue weighted by atomic mass is 35.5. The van der Waals surface area contributed by atoms with Gasteiger partial charge in [0.05, 0.1) is 23.3 Å². The number of nitrogens with one attached hydrogen (secondary N) is 1. The minimum atomic E-state index is -0.606. The van der Waals surface area contributed by atoms with E-state index in [9.17, 15) is 9.90 Å². The van der Waals surface area contributed by atoms with Gasteiger partial charge in [-0.1, -0.05) is 29.3 Å². The van der Waals surface area contributed by atoms with Crippen molar-refractivity contribution < 1.29 is 23.8 Å². The van der Waals surface area contributed by atoms with Gasteiger partial charge in [0.2, 0.25) is 11.6 Å². The van der Waals surface area contributed by atoms with Gasteiger partial charge in [0.25, 0.3) is 5.03 Å². The van der Waals surface area contributed by atoms with Crippen LogP contribution < -0.4 is 19.8 Å². The Labute approximate surface area is 171 Å². The lowest BCUT2D eigenvalue weighted by atomic mass is 10.2. The van der Waals surface area contributed by atoms with Crippen LogP contribution in [0.15, 0.2) is 52.0 Å². The molecule has 0 fully saturated rings. The molecule has 28 heavy (non-hydrogen) atoms. The van der Waals surface area contributed by atoms with Gasteiger partial charge in [-0.2, -0.15) is 0 Å². The summed E-state index contributed by atoms with van der Waals surface area (Å²) in [6.45, 7) is 3.64. The van der Waals surface area contributed by atoms with E-state index in [1.807, 2.05) is 31.2 Å². The number of aryl methyl sites for hydroxylation is 1. The summed E-state index contributed by atoms with van der Waals surface area (Å²) in [4.78, 5) is 12.6. The summed E-state index contributed by atoms with van der Waals surface area (Å²) in [5.74, 6) is -0.439. The van der Waals surface area contributed by atoms with Crippen LogP contribution in [0.4, 0.5) is 5.69 Å². The highest BCUT2D eigenvalue weighted by Crippen LogP contribution is 2.31. The van der Waals surface area contributed by atoms with Crippen LogP contribution in [-0.4, -0.2) is 23.5 Å². The lowest BCUT2D eigenvalue weighted by Crippen LogP contribution is -2.36. The summed E-state index contributed by atoms with van der Waals surface area (Å²) in [5, 5.41) is 18.7. The molecule has 1 N–H and O–H groups in total. The summed E-state index contributed by atoms with van der Waals surface area (Å²) >= 11 is 7.05. The molecule has 0 aliphatic rings. The number of carbonyl (C=O) groups excluding carboxylic acids is 1. The summed E-state index contributed by atoms with van der Waals surface area (Å²) < 4.78 is 11.4. The molecule has 1 amide bonds. The second kappa shape index (κ2) is 8.53. The fourth-order valence-corrected chi connectivity index (χ4v) is 3.47. The van der Waals surface area contributed by atoms with Gasteiger partial charge in [0.1, 0.15) is 5.75 Å². The van der Waals surface area contributed by atoms with Crippen LogP contribution in [0.5, 0.6) is 11.7 Å². The molecule has 1 heterocycles. The quantitative estimate of drug-likeness (QED) is 0.487. The summed E-state index contributed by atoms with van der Waals surface area (Å²) in [5.41, 5.74) is 2.20. The van der Waals surface area contributed by atoms with E-state index in [4.69, 9.17) is 20.9 Å². The number of halogens is 1. The monoisotopic (exact) mass is 419 g/mol. The number of hydrogen-bond donors (Lipinski definition) is 1. The molecule has 1 aromatic heterocycles. The Morgan fingerprint density at radius 3 is 2.71 bits per heavy atom. The number of benzene rings is 2. The number of carbonyl (C=O) groups is 1. The second-order valence-electron chi connectivity index (χ2n) is 6.01. The molecule has 0 aliphatic carbocycles. The Morgan fingerprint density at radius 2 is 2.04 bits per heavy atom. The first-order valence-corrected chi connectivity index (χ1v) is 9.62. The van der Waals surface area contributed by atoms with Gasteiger partial charge < -0.3 is 19.7 Å². The Morgan fingerprint density at radius 1 is 1.32 bits per heavy atom. The maximum atomic E-state index is 12.6. The van der Waals surface area contributed by atoms with E-state index in [2.05, 4.69) is 10.6 Å². The van der Waals surface area contributed by atoms with E-state index >= 15 is 0 Å². The standard InChI is InChI=1S/C19H18ClN3O4S/c1-11-4-7-14(8-5-11)23-18(19(25)27-22-23)28-12(2)17(24)21-15-10-13(20)6-9-16(15)26-3/h4-10,12H,1-3H3,(H-,21,22,24,25). The fraction of sp³-hybridized carbons (Fsp3) is 0.211. The third kappa shape index (κ3) is 4.40. The van der Waals surface area contributed by atoms with E-state index < -0.39 is 11.2 Å². The summed E-state index contributed by atoms with van der Waals surface area (Å²) in [7, 11) is 1.50. The molecule has 0 spiro atoms. The third-order valence-electron chi connectivity index (χ3n) is 3.93. The molecule has 1 atom stereocenters. The number of methoxy groups -OCH3 is 1. The molecule has 2 aromatic carbocycles. The molecule has 0 bridgehead atoms. The average Bonchev–Trinajstić information content (AvgIpc) is 3.03. The van der Waals surface area contributed by atoms with Crippen molar-refractivity contribution in [2.24, 2.45) is 0 Å². The van der Waals surface area contributed by atoms with E-state index in [1.165, 1.54) is 11.8 Å². The van der Waals surface area contributed by atoms with Crippen LogP contribution in [0.1, 0.15) is 12.5 Å². The minimum absolute atomic E-state index is 0.213. The second-order valence-corrected chi connectivity index (χ2v) is 7.77. The average molecular weight is 420 g/mol. The van der Waals surface area contributed by atoms with Crippen LogP contribution in [0, 0.1) is 6.92 Å². The molecule has 0 aliphatic heterocycles. The zero-order valence-electron chi connectivity index (χ0n) is 15.4. The van der Waals surface area contributed by atoms with Crippen molar-refractivity contribution >= 4 is 35.0 Å². The van der Waals surface area contributed by atoms with Gasteiger partial charge in [-0.25, -0.2) is 0 Å². The number of nitrogens with zero attached hydrogens (tertiary/aromatic N) is 2. The number of amides is 1. The molecular formula is C19H18ClN3O4S. The first-order chi connectivity index (χ1) is 13.4. The zero-order chi connectivity index (χ0) is 20.3. The largest absolute Gasteiger partial charge is 0.538 e. The van der Waals surface area contributed by atoms with Crippen molar-refractivity contribution in [2.45, 2.75) is 24.1 Å². The van der Waals surface area contributed by atoms with Crippen LogP contribution in [0.3, 0.4) is 0 Å². The number of ether oxygens (including phenoxy) is 1. The zero-order valence-corrected chi connectivity index (χ0v) is 17.0. The maximum absolute atomic E-state index is 12.6. The van der Waals surface area contributed by atoms with Gasteiger partial charge in [0, 0.05) is 17.2 Å². The number of hydrogen-bond acceptors (Lipinski definition) is 6. The van der Waals surface area contributed by atoms with E-state index in [0.717, 1.165) is 17.3 Å². The van der Waals surface area contributed by atoms with E-state index in [0.29, 0.717) is 22.1 Å². The van der Waals surface area contributed by atoms with Crippen LogP contribution in [0.25, 0.3) is 5.69 Å². The fourth-order valence-electron chi connectivity index (χ4n) is 2.42. The van der Waals surface area contributed by atoms with Crippen LogP contribution in [0.2, 0.25) is 5.02 Å². The third-order valence-corrected chi connectivity index (χ3v) is 5.29. The van der Waals surface area contributed by atoms with Crippen molar-refractivity contribution in [2.75, 3.05) is 12.4 Å². The van der Waals surface area contributed by atoms with Crippen molar-refractivity contribution in [3.63, 3.8) is 0 Å². The first-order valence-electron chi connectivity index (χ1n) is 8.36. The van der Waals surface area contributed by atoms with Crippen molar-refractivity contribution in [3.05, 3.63) is 53.1 Å². The number of aromatic nitrogens is 2. The molecule has 3 aromatic rings. The normalized spacial score (nSPS) is 11.9. The molecule has 0 radical (unpaired) electrons. The Hall–Kier alpha value is -2.71. The molecular weight excluding hydrogens is 402 g/mol. The maximum Gasteiger partial charge on any atom is 0.298 e. The van der Waals surface area contributed by atoms with Gasteiger partial charge >= 0.3 is 0 Å². The Balaban J connectivity index is 1.79. The molecule has 9 heteroatoms.